The molecule has 1 aliphatic heterocycles. The summed E-state index contributed by atoms with van der Waals surface area (Å²) in [7, 11) is 1.58. The number of halogens is 1. The Morgan fingerprint density at radius 3 is 2.17 bits per heavy atom. The number of nitrogens with zero attached hydrogens (tertiary/aromatic N) is 1. The molecule has 0 bridgehead atoms. The molecule has 7 heteroatoms. The number of ether oxygens (including phenoxy) is 1. The van der Waals surface area contributed by atoms with Crippen LogP contribution in [0.25, 0.3) is 5.76 Å². The van der Waals surface area contributed by atoms with E-state index in [4.69, 9.17) is 16.3 Å². The predicted molar refractivity (Wildman–Crippen MR) is 136 cm³/mol. The third-order valence-electron chi connectivity index (χ3n) is 6.04. The third kappa shape index (κ3) is 4.49. The number of amides is 1. The normalized spacial score (nSPS) is 17.6. The number of benzene rings is 3. The first-order valence-corrected chi connectivity index (χ1v) is 11.4. The molecule has 0 saturated carbocycles. The average Bonchev–Trinajstić information content (AvgIpc) is 3.09. The molecule has 0 spiro atoms. The minimum absolute atomic E-state index is 0.0411. The Balaban J connectivity index is 1.95. The van der Waals surface area contributed by atoms with Crippen LogP contribution >= 0.6 is 11.6 Å². The second kappa shape index (κ2) is 9.12. The number of carbonyl (C=O) groups is 2. The number of phenols is 1. The van der Waals surface area contributed by atoms with Gasteiger partial charge in [-0.1, -0.05) is 44.5 Å². The maximum atomic E-state index is 13.3. The molecule has 180 valence electrons. The van der Waals surface area contributed by atoms with E-state index in [2.05, 4.69) is 0 Å². The highest BCUT2D eigenvalue weighted by atomic mass is 35.5. The summed E-state index contributed by atoms with van der Waals surface area (Å²) in [6, 6.07) is 17.0. The van der Waals surface area contributed by atoms with Crippen molar-refractivity contribution in [3.8, 4) is 11.5 Å². The topological polar surface area (TPSA) is 87.1 Å². The van der Waals surface area contributed by atoms with Gasteiger partial charge in [0, 0.05) is 21.8 Å². The third-order valence-corrected chi connectivity index (χ3v) is 6.29. The van der Waals surface area contributed by atoms with Crippen molar-refractivity contribution in [1.29, 1.82) is 0 Å². The van der Waals surface area contributed by atoms with Crippen molar-refractivity contribution in [1.82, 2.24) is 0 Å². The van der Waals surface area contributed by atoms with Crippen molar-refractivity contribution >= 4 is 34.7 Å². The van der Waals surface area contributed by atoms with Gasteiger partial charge in [0.25, 0.3) is 11.7 Å². The number of Topliss-reactive ketones (excluding diaryl/α,β-unsaturated/α-hetero) is 1. The van der Waals surface area contributed by atoms with Crippen LogP contribution in [0.5, 0.6) is 11.5 Å². The Morgan fingerprint density at radius 1 is 0.971 bits per heavy atom. The molecule has 1 unspecified atom stereocenters. The number of carbonyl (C=O) groups excluding carboxylic acids is 2. The molecule has 0 radical (unpaired) electrons. The van der Waals surface area contributed by atoms with E-state index in [-0.39, 0.29) is 22.5 Å². The van der Waals surface area contributed by atoms with Crippen LogP contribution in [0.2, 0.25) is 5.02 Å². The predicted octanol–water partition coefficient (Wildman–Crippen LogP) is 5.98. The molecular weight excluding hydrogens is 466 g/mol. The van der Waals surface area contributed by atoms with Gasteiger partial charge in [0.1, 0.15) is 17.3 Å². The monoisotopic (exact) mass is 491 g/mol. The minimum atomic E-state index is -0.906. The fourth-order valence-corrected chi connectivity index (χ4v) is 4.40. The molecule has 2 N–H and O–H groups in total. The molecule has 1 fully saturated rings. The van der Waals surface area contributed by atoms with E-state index in [1.54, 1.807) is 61.7 Å². The van der Waals surface area contributed by atoms with Gasteiger partial charge in [0.15, 0.2) is 0 Å². The maximum absolute atomic E-state index is 13.3. The van der Waals surface area contributed by atoms with Crippen molar-refractivity contribution in [2.45, 2.75) is 32.2 Å². The first kappa shape index (κ1) is 24.4. The van der Waals surface area contributed by atoms with Crippen LogP contribution in [-0.2, 0) is 15.0 Å². The molecule has 1 aliphatic rings. The van der Waals surface area contributed by atoms with Gasteiger partial charge < -0.3 is 14.9 Å². The molecule has 1 amide bonds. The molecule has 0 aliphatic carbocycles. The first-order chi connectivity index (χ1) is 16.5. The fraction of sp³-hybridized carbons (Fsp3) is 0.214. The Kier molecular flexibility index (Phi) is 6.34. The Morgan fingerprint density at radius 2 is 1.60 bits per heavy atom. The maximum Gasteiger partial charge on any atom is 0.300 e. The van der Waals surface area contributed by atoms with E-state index in [0.717, 1.165) is 5.56 Å². The number of rotatable bonds is 4. The number of hydrogen-bond acceptors (Lipinski definition) is 5. The van der Waals surface area contributed by atoms with Gasteiger partial charge in [-0.05, 0) is 65.6 Å². The van der Waals surface area contributed by atoms with E-state index < -0.39 is 17.7 Å². The van der Waals surface area contributed by atoms with Gasteiger partial charge in [-0.15, -0.1) is 0 Å². The number of hydrogen-bond donors (Lipinski definition) is 2. The van der Waals surface area contributed by atoms with Crippen molar-refractivity contribution in [2.75, 3.05) is 12.0 Å². The van der Waals surface area contributed by atoms with Gasteiger partial charge in [-0.25, -0.2) is 0 Å². The zero-order valence-electron chi connectivity index (χ0n) is 19.9. The van der Waals surface area contributed by atoms with Crippen LogP contribution in [0.4, 0.5) is 5.69 Å². The Hall–Kier alpha value is -3.77. The standard InChI is InChI=1S/C28H26ClNO5/c1-28(2,3)21-15-17(7-14-22(21)35-4)25(32)23-24(16-5-12-20(31)13-6-16)30(27(34)26(23)33)19-10-8-18(29)9-11-19/h5-15,24,31-32H,1-4H3/b25-23-. The van der Waals surface area contributed by atoms with Crippen LogP contribution < -0.4 is 9.64 Å². The lowest BCUT2D eigenvalue weighted by Gasteiger charge is -2.26. The summed E-state index contributed by atoms with van der Waals surface area (Å²) in [4.78, 5) is 27.9. The largest absolute Gasteiger partial charge is 0.508 e. The number of ketones is 1. The van der Waals surface area contributed by atoms with Crippen LogP contribution in [-0.4, -0.2) is 29.0 Å². The lowest BCUT2D eigenvalue weighted by atomic mass is 9.84. The zero-order chi connectivity index (χ0) is 25.5. The number of aromatic hydroxyl groups is 1. The quantitative estimate of drug-likeness (QED) is 0.266. The summed E-state index contributed by atoms with van der Waals surface area (Å²) in [6.45, 7) is 6.06. The molecule has 4 rings (SSSR count). The summed E-state index contributed by atoms with van der Waals surface area (Å²) in [5, 5.41) is 21.7. The van der Waals surface area contributed by atoms with Crippen LogP contribution in [0, 0.1) is 0 Å². The summed E-state index contributed by atoms with van der Waals surface area (Å²) in [5.74, 6) is -1.15. The summed E-state index contributed by atoms with van der Waals surface area (Å²) in [6.07, 6.45) is 0. The lowest BCUT2D eigenvalue weighted by molar-refractivity contribution is -0.132. The molecule has 1 saturated heterocycles. The van der Waals surface area contributed by atoms with Gasteiger partial charge in [0.2, 0.25) is 0 Å². The second-order valence-electron chi connectivity index (χ2n) is 9.40. The van der Waals surface area contributed by atoms with E-state index in [9.17, 15) is 19.8 Å². The highest BCUT2D eigenvalue weighted by molar-refractivity contribution is 6.51. The van der Waals surface area contributed by atoms with Gasteiger partial charge in [-0.2, -0.15) is 0 Å². The van der Waals surface area contributed by atoms with E-state index in [1.807, 2.05) is 20.8 Å². The number of methoxy groups -OCH3 is 1. The summed E-state index contributed by atoms with van der Waals surface area (Å²) in [5.41, 5.74) is 1.92. The van der Waals surface area contributed by atoms with E-state index in [1.165, 1.54) is 17.0 Å². The van der Waals surface area contributed by atoms with Crippen molar-refractivity contribution in [3.63, 3.8) is 0 Å². The van der Waals surface area contributed by atoms with Crippen molar-refractivity contribution < 1.29 is 24.5 Å². The molecule has 0 aromatic heterocycles. The van der Waals surface area contributed by atoms with Gasteiger partial charge in [0.05, 0.1) is 18.7 Å². The fourth-order valence-electron chi connectivity index (χ4n) is 4.27. The molecule has 1 heterocycles. The molecule has 3 aromatic rings. The summed E-state index contributed by atoms with van der Waals surface area (Å²) >= 11 is 6.03. The number of anilines is 1. The SMILES string of the molecule is COc1ccc(/C(O)=C2/C(=O)C(=O)N(c3ccc(Cl)cc3)C2c2ccc(O)cc2)cc1C(C)(C)C. The number of aliphatic hydroxyl groups excluding tert-OH is 1. The van der Waals surface area contributed by atoms with Crippen LogP contribution in [0.15, 0.2) is 72.3 Å². The molecule has 6 nitrogen and oxygen atoms in total. The van der Waals surface area contributed by atoms with Gasteiger partial charge in [-0.3, -0.25) is 14.5 Å². The molecule has 1 atom stereocenters. The smallest absolute Gasteiger partial charge is 0.300 e. The first-order valence-electron chi connectivity index (χ1n) is 11.1. The van der Waals surface area contributed by atoms with Crippen molar-refractivity contribution in [2.24, 2.45) is 0 Å². The highest BCUT2D eigenvalue weighted by Gasteiger charge is 2.47. The number of aliphatic hydroxyl groups is 1. The van der Waals surface area contributed by atoms with Crippen LogP contribution in [0.1, 0.15) is 43.5 Å². The molecule has 35 heavy (non-hydrogen) atoms. The Labute approximate surface area is 209 Å². The second-order valence-corrected chi connectivity index (χ2v) is 9.84. The van der Waals surface area contributed by atoms with Crippen molar-refractivity contribution in [3.05, 3.63) is 94.0 Å². The van der Waals surface area contributed by atoms with Gasteiger partial charge >= 0.3 is 0 Å². The minimum Gasteiger partial charge on any atom is -0.508 e. The molecular formula is C28H26ClNO5. The highest BCUT2D eigenvalue weighted by Crippen LogP contribution is 2.43. The van der Waals surface area contributed by atoms with E-state index in [0.29, 0.717) is 27.6 Å². The summed E-state index contributed by atoms with van der Waals surface area (Å²) < 4.78 is 5.49. The van der Waals surface area contributed by atoms with Crippen LogP contribution in [0.3, 0.4) is 0 Å². The molecule has 3 aromatic carbocycles. The van der Waals surface area contributed by atoms with E-state index >= 15 is 0 Å². The lowest BCUT2D eigenvalue weighted by Crippen LogP contribution is -2.29. The number of phenolic OH excluding ortho intramolecular Hbond substituents is 1. The zero-order valence-corrected chi connectivity index (χ0v) is 20.6. The average molecular weight is 492 g/mol. The Bertz CT molecular complexity index is 1320.